The molecule has 3 heteroatoms. The van der Waals surface area contributed by atoms with Gasteiger partial charge in [0.15, 0.2) is 0 Å². The van der Waals surface area contributed by atoms with E-state index in [4.69, 9.17) is 0 Å². The van der Waals surface area contributed by atoms with Gasteiger partial charge in [0.2, 0.25) is 0 Å². The monoisotopic (exact) mass is 238 g/mol. The minimum absolute atomic E-state index is 0.370. The first kappa shape index (κ1) is 13.4. The van der Waals surface area contributed by atoms with Crippen LogP contribution in [0.3, 0.4) is 0 Å². The van der Waals surface area contributed by atoms with Crippen molar-refractivity contribution in [3.63, 3.8) is 0 Å². The molecule has 16 heavy (non-hydrogen) atoms. The molecule has 0 aliphatic carbocycles. The lowest BCUT2D eigenvalue weighted by Gasteiger charge is -2.18. The molecule has 1 rings (SSSR count). The summed E-state index contributed by atoms with van der Waals surface area (Å²) in [6.45, 7) is 8.16. The fourth-order valence-electron chi connectivity index (χ4n) is 1.77. The van der Waals surface area contributed by atoms with Gasteiger partial charge in [-0.1, -0.05) is 12.5 Å². The van der Waals surface area contributed by atoms with Gasteiger partial charge in [-0.15, -0.1) is 17.9 Å². The Labute approximate surface area is 103 Å². The van der Waals surface area contributed by atoms with Gasteiger partial charge in [-0.2, -0.15) is 0 Å². The Balaban J connectivity index is 2.18. The summed E-state index contributed by atoms with van der Waals surface area (Å²) in [6.07, 6.45) is 8.74. The highest BCUT2D eigenvalue weighted by Gasteiger charge is 2.10. The summed E-state index contributed by atoms with van der Waals surface area (Å²) in [6, 6.07) is 0.929. The normalized spacial score (nSPS) is 14.6. The molecule has 0 saturated heterocycles. The number of nitrogens with zero attached hydrogens (tertiary/aromatic N) is 1. The van der Waals surface area contributed by atoms with E-state index in [2.05, 4.69) is 30.7 Å². The third kappa shape index (κ3) is 4.90. The van der Waals surface area contributed by atoms with Crippen molar-refractivity contribution in [3.8, 4) is 0 Å². The van der Waals surface area contributed by atoms with E-state index in [1.165, 1.54) is 24.3 Å². The van der Waals surface area contributed by atoms with Crippen LogP contribution < -0.4 is 5.32 Å². The van der Waals surface area contributed by atoms with Crippen LogP contribution in [0.1, 0.15) is 50.6 Å². The van der Waals surface area contributed by atoms with Gasteiger partial charge in [0.25, 0.3) is 0 Å². The van der Waals surface area contributed by atoms with Crippen LogP contribution in [0, 0.1) is 0 Å². The van der Waals surface area contributed by atoms with Crippen LogP contribution in [0.25, 0.3) is 0 Å². The summed E-state index contributed by atoms with van der Waals surface area (Å²) in [5.74, 6) is 0. The van der Waals surface area contributed by atoms with Crippen molar-refractivity contribution in [3.05, 3.63) is 29.2 Å². The van der Waals surface area contributed by atoms with E-state index < -0.39 is 0 Å². The summed E-state index contributed by atoms with van der Waals surface area (Å²) < 4.78 is 0. The van der Waals surface area contributed by atoms with Gasteiger partial charge in [-0.05, 0) is 33.1 Å². The van der Waals surface area contributed by atoms with Crippen molar-refractivity contribution in [2.45, 2.75) is 51.6 Å². The molecule has 0 bridgehead atoms. The van der Waals surface area contributed by atoms with E-state index in [1.807, 2.05) is 17.7 Å². The van der Waals surface area contributed by atoms with Crippen LogP contribution in [0.2, 0.25) is 0 Å². The number of allylic oxidation sites excluding steroid dienone is 1. The summed E-state index contributed by atoms with van der Waals surface area (Å²) in [5, 5.41) is 6.79. The lowest BCUT2D eigenvalue weighted by atomic mass is 10.1. The minimum Gasteiger partial charge on any atom is -0.306 e. The first-order valence-electron chi connectivity index (χ1n) is 6.00. The Morgan fingerprint density at radius 3 is 2.94 bits per heavy atom. The van der Waals surface area contributed by atoms with Crippen molar-refractivity contribution >= 4 is 11.3 Å². The number of aromatic nitrogens is 1. The molecule has 0 saturated carbocycles. The highest BCUT2D eigenvalue weighted by atomic mass is 32.1. The second kappa shape index (κ2) is 7.58. The van der Waals surface area contributed by atoms with Gasteiger partial charge in [-0.3, -0.25) is 0 Å². The van der Waals surface area contributed by atoms with Gasteiger partial charge < -0.3 is 5.32 Å². The van der Waals surface area contributed by atoms with Crippen LogP contribution in [-0.4, -0.2) is 11.0 Å². The first-order chi connectivity index (χ1) is 7.74. The van der Waals surface area contributed by atoms with Crippen LogP contribution in [0.4, 0.5) is 0 Å². The molecule has 90 valence electrons. The van der Waals surface area contributed by atoms with E-state index in [-0.39, 0.29) is 0 Å². The number of hydrogen-bond acceptors (Lipinski definition) is 3. The zero-order chi connectivity index (χ0) is 11.8. The molecule has 0 aliphatic rings. The third-order valence-corrected chi connectivity index (χ3v) is 3.61. The maximum Gasteiger partial charge on any atom is 0.109 e. The molecular formula is C13H22N2S. The number of rotatable bonds is 8. The van der Waals surface area contributed by atoms with Gasteiger partial charge in [-0.25, -0.2) is 4.98 Å². The second-order valence-electron chi connectivity index (χ2n) is 4.23. The van der Waals surface area contributed by atoms with Crippen molar-refractivity contribution in [1.82, 2.24) is 10.3 Å². The highest BCUT2D eigenvalue weighted by Crippen LogP contribution is 2.16. The topological polar surface area (TPSA) is 24.9 Å². The standard InChI is InChI=1S/C13H22N2S/c1-4-5-6-7-8-11(2)15-12(3)13-14-9-10-16-13/h4,9-12,15H,1,5-8H2,2-3H3. The molecule has 0 radical (unpaired) electrons. The SMILES string of the molecule is C=CCCCCC(C)NC(C)c1nccs1. The molecule has 1 aromatic heterocycles. The lowest BCUT2D eigenvalue weighted by molar-refractivity contribution is 0.441. The molecule has 0 aliphatic heterocycles. The Bertz CT molecular complexity index is 282. The smallest absolute Gasteiger partial charge is 0.109 e. The van der Waals surface area contributed by atoms with E-state index in [0.29, 0.717) is 12.1 Å². The first-order valence-corrected chi connectivity index (χ1v) is 6.88. The fraction of sp³-hybridized carbons (Fsp3) is 0.615. The average Bonchev–Trinajstić information content (AvgIpc) is 2.77. The largest absolute Gasteiger partial charge is 0.306 e. The Morgan fingerprint density at radius 2 is 2.31 bits per heavy atom. The van der Waals surface area contributed by atoms with Crippen molar-refractivity contribution in [2.24, 2.45) is 0 Å². The Morgan fingerprint density at radius 1 is 1.50 bits per heavy atom. The molecular weight excluding hydrogens is 216 g/mol. The number of hydrogen-bond donors (Lipinski definition) is 1. The molecule has 2 nitrogen and oxygen atoms in total. The molecule has 0 amide bonds. The highest BCUT2D eigenvalue weighted by molar-refractivity contribution is 7.09. The van der Waals surface area contributed by atoms with Crippen molar-refractivity contribution in [2.75, 3.05) is 0 Å². The van der Waals surface area contributed by atoms with Crippen LogP contribution in [0.15, 0.2) is 24.2 Å². The maximum absolute atomic E-state index is 4.32. The van der Waals surface area contributed by atoms with Crippen LogP contribution in [0.5, 0.6) is 0 Å². The molecule has 2 unspecified atom stereocenters. The predicted octanol–water partition coefficient (Wildman–Crippen LogP) is 3.93. The fourth-order valence-corrected chi connectivity index (χ4v) is 2.42. The van der Waals surface area contributed by atoms with Crippen LogP contribution in [-0.2, 0) is 0 Å². The summed E-state index contributed by atoms with van der Waals surface area (Å²) >= 11 is 1.72. The van der Waals surface area contributed by atoms with E-state index in [9.17, 15) is 0 Å². The minimum atomic E-state index is 0.370. The Hall–Kier alpha value is -0.670. The molecule has 1 aromatic rings. The summed E-state index contributed by atoms with van der Waals surface area (Å²) in [4.78, 5) is 4.32. The van der Waals surface area contributed by atoms with E-state index in [0.717, 1.165) is 6.42 Å². The van der Waals surface area contributed by atoms with Gasteiger partial charge in [0.05, 0.1) is 6.04 Å². The zero-order valence-corrected chi connectivity index (χ0v) is 11.1. The molecule has 2 atom stereocenters. The van der Waals surface area contributed by atoms with Gasteiger partial charge >= 0.3 is 0 Å². The number of nitrogens with one attached hydrogen (secondary N) is 1. The van der Waals surface area contributed by atoms with E-state index in [1.54, 1.807) is 11.3 Å². The molecule has 1 N–H and O–H groups in total. The quantitative estimate of drug-likeness (QED) is 0.548. The van der Waals surface area contributed by atoms with E-state index >= 15 is 0 Å². The number of thiazole rings is 1. The van der Waals surface area contributed by atoms with Crippen molar-refractivity contribution in [1.29, 1.82) is 0 Å². The van der Waals surface area contributed by atoms with Crippen LogP contribution >= 0.6 is 11.3 Å². The molecule has 0 fully saturated rings. The maximum atomic E-state index is 4.32. The lowest BCUT2D eigenvalue weighted by Crippen LogP contribution is -2.28. The summed E-state index contributed by atoms with van der Waals surface area (Å²) in [5.41, 5.74) is 0. The molecule has 0 aromatic carbocycles. The third-order valence-electron chi connectivity index (χ3n) is 2.65. The van der Waals surface area contributed by atoms with Gasteiger partial charge in [0, 0.05) is 17.6 Å². The Kier molecular flexibility index (Phi) is 6.34. The predicted molar refractivity (Wildman–Crippen MR) is 71.8 cm³/mol. The average molecular weight is 238 g/mol. The zero-order valence-electron chi connectivity index (χ0n) is 10.3. The van der Waals surface area contributed by atoms with Gasteiger partial charge in [0.1, 0.15) is 5.01 Å². The summed E-state index contributed by atoms with van der Waals surface area (Å²) in [7, 11) is 0. The molecule has 0 spiro atoms. The molecule has 1 heterocycles. The van der Waals surface area contributed by atoms with Crippen molar-refractivity contribution < 1.29 is 0 Å². The second-order valence-corrected chi connectivity index (χ2v) is 5.16. The number of unbranched alkanes of at least 4 members (excludes halogenated alkanes) is 2.